The number of methoxy groups -OCH3 is 3. The maximum atomic E-state index is 12.7. The van der Waals surface area contributed by atoms with Gasteiger partial charge in [0.05, 0.1) is 32.6 Å². The molecule has 2 rings (SSSR count). The number of rotatable bonds is 5. The number of ether oxygens (including phenoxy) is 3. The molecule has 0 aliphatic carbocycles. The molecule has 9 heteroatoms. The van der Waals surface area contributed by atoms with Gasteiger partial charge in [0, 0.05) is 10.0 Å². The summed E-state index contributed by atoms with van der Waals surface area (Å²) in [5, 5.41) is 2.54. The van der Waals surface area contributed by atoms with Crippen molar-refractivity contribution in [2.45, 2.75) is 6.18 Å². The van der Waals surface area contributed by atoms with Gasteiger partial charge in [-0.05, 0) is 46.3 Å². The molecule has 26 heavy (non-hydrogen) atoms. The third-order valence-corrected chi connectivity index (χ3v) is 4.13. The maximum Gasteiger partial charge on any atom is 0.416 e. The molecule has 5 nitrogen and oxygen atoms in total. The first-order valence-corrected chi connectivity index (χ1v) is 7.98. The number of amides is 1. The van der Waals surface area contributed by atoms with Crippen molar-refractivity contribution in [1.82, 2.24) is 0 Å². The van der Waals surface area contributed by atoms with Gasteiger partial charge >= 0.3 is 6.18 Å². The highest BCUT2D eigenvalue weighted by atomic mass is 79.9. The highest BCUT2D eigenvalue weighted by Gasteiger charge is 2.31. The van der Waals surface area contributed by atoms with E-state index in [1.54, 1.807) is 0 Å². The van der Waals surface area contributed by atoms with Gasteiger partial charge in [-0.25, -0.2) is 0 Å². The minimum absolute atomic E-state index is 0.105. The summed E-state index contributed by atoms with van der Waals surface area (Å²) in [6, 6.07) is 5.83. The summed E-state index contributed by atoms with van der Waals surface area (Å²) in [5.74, 6) is 0.332. The number of hydrogen-bond acceptors (Lipinski definition) is 4. The second-order valence-corrected chi connectivity index (χ2v) is 5.91. The lowest BCUT2D eigenvalue weighted by atomic mass is 10.1. The molecule has 0 spiro atoms. The number of carbonyl (C=O) groups excluding carboxylic acids is 1. The molecule has 0 fully saturated rings. The Morgan fingerprint density at radius 1 is 1.00 bits per heavy atom. The number of alkyl halides is 3. The van der Waals surface area contributed by atoms with Gasteiger partial charge in [0.2, 0.25) is 5.75 Å². The van der Waals surface area contributed by atoms with Gasteiger partial charge in [0.1, 0.15) is 0 Å². The first-order chi connectivity index (χ1) is 12.2. The lowest BCUT2D eigenvalue weighted by Gasteiger charge is -2.15. The monoisotopic (exact) mass is 433 g/mol. The van der Waals surface area contributed by atoms with E-state index < -0.39 is 17.6 Å². The average molecular weight is 434 g/mol. The Kier molecular flexibility index (Phi) is 6.01. The second kappa shape index (κ2) is 7.86. The molecule has 0 aliphatic heterocycles. The van der Waals surface area contributed by atoms with Crippen molar-refractivity contribution in [2.75, 3.05) is 26.6 Å². The third kappa shape index (κ3) is 4.21. The molecule has 0 heterocycles. The van der Waals surface area contributed by atoms with Gasteiger partial charge in [-0.1, -0.05) is 0 Å². The van der Waals surface area contributed by atoms with Gasteiger partial charge in [-0.3, -0.25) is 4.79 Å². The van der Waals surface area contributed by atoms with Crippen LogP contribution in [0, 0.1) is 0 Å². The Hall–Kier alpha value is -2.42. The first kappa shape index (κ1) is 19.9. The molecule has 0 unspecified atom stereocenters. The van der Waals surface area contributed by atoms with E-state index in [1.807, 2.05) is 0 Å². The Labute approximate surface area is 156 Å². The topological polar surface area (TPSA) is 56.8 Å². The number of carbonyl (C=O) groups is 1. The number of halogens is 4. The molecule has 1 N–H and O–H groups in total. The molecular weight excluding hydrogens is 419 g/mol. The van der Waals surface area contributed by atoms with E-state index in [-0.39, 0.29) is 27.2 Å². The fraction of sp³-hybridized carbons (Fsp3) is 0.235. The zero-order valence-corrected chi connectivity index (χ0v) is 15.6. The van der Waals surface area contributed by atoms with E-state index >= 15 is 0 Å². The molecule has 0 saturated heterocycles. The number of hydrogen-bond donors (Lipinski definition) is 1. The van der Waals surface area contributed by atoms with E-state index in [1.165, 1.54) is 39.5 Å². The molecule has 0 aliphatic rings. The van der Waals surface area contributed by atoms with Crippen LogP contribution in [0.15, 0.2) is 34.8 Å². The average Bonchev–Trinajstić information content (AvgIpc) is 2.60. The summed E-state index contributed by atoms with van der Waals surface area (Å²) < 4.78 is 53.8. The van der Waals surface area contributed by atoms with Crippen LogP contribution in [-0.2, 0) is 6.18 Å². The zero-order valence-electron chi connectivity index (χ0n) is 14.0. The van der Waals surface area contributed by atoms with Crippen molar-refractivity contribution in [3.8, 4) is 17.2 Å². The maximum absolute atomic E-state index is 12.7. The second-order valence-electron chi connectivity index (χ2n) is 5.06. The summed E-state index contributed by atoms with van der Waals surface area (Å²) in [6.07, 6.45) is -4.47. The zero-order chi connectivity index (χ0) is 19.5. The van der Waals surface area contributed by atoms with E-state index in [4.69, 9.17) is 14.2 Å². The minimum atomic E-state index is -4.47. The van der Waals surface area contributed by atoms with Gasteiger partial charge in [-0.15, -0.1) is 0 Å². The predicted molar refractivity (Wildman–Crippen MR) is 93.2 cm³/mol. The fourth-order valence-corrected chi connectivity index (χ4v) is 2.68. The van der Waals surface area contributed by atoms with Crippen LogP contribution in [0.4, 0.5) is 18.9 Å². The van der Waals surface area contributed by atoms with Crippen LogP contribution >= 0.6 is 15.9 Å². The normalized spacial score (nSPS) is 11.0. The number of benzene rings is 2. The standard InChI is InChI=1S/C17H15BrF3NO4/c1-24-13-6-9(7-14(25-2)15(13)26-3)16(23)22-12-5-4-10(8-11(12)18)17(19,20)21/h4-8H,1-3H3,(H,22,23). The van der Waals surface area contributed by atoms with E-state index in [0.717, 1.165) is 12.1 Å². The first-order valence-electron chi connectivity index (χ1n) is 7.19. The molecule has 0 bridgehead atoms. The molecule has 0 aromatic heterocycles. The van der Waals surface area contributed by atoms with Crippen LogP contribution < -0.4 is 19.5 Å². The van der Waals surface area contributed by atoms with Crippen molar-refractivity contribution in [1.29, 1.82) is 0 Å². The summed E-state index contributed by atoms with van der Waals surface area (Å²) in [6.45, 7) is 0. The Morgan fingerprint density at radius 3 is 2.00 bits per heavy atom. The molecule has 0 atom stereocenters. The van der Waals surface area contributed by atoms with Crippen LogP contribution in [-0.4, -0.2) is 27.2 Å². The summed E-state index contributed by atoms with van der Waals surface area (Å²) in [5.41, 5.74) is -0.446. The van der Waals surface area contributed by atoms with Crippen molar-refractivity contribution in [3.63, 3.8) is 0 Å². The van der Waals surface area contributed by atoms with Gasteiger partial charge in [-0.2, -0.15) is 13.2 Å². The third-order valence-electron chi connectivity index (χ3n) is 3.47. The van der Waals surface area contributed by atoms with Crippen LogP contribution in [0.25, 0.3) is 0 Å². The molecule has 2 aromatic rings. The van der Waals surface area contributed by atoms with Crippen LogP contribution in [0.5, 0.6) is 17.2 Å². The molecule has 0 saturated carbocycles. The van der Waals surface area contributed by atoms with Crippen molar-refractivity contribution in [2.24, 2.45) is 0 Å². The Morgan fingerprint density at radius 2 is 1.58 bits per heavy atom. The van der Waals surface area contributed by atoms with Crippen LogP contribution in [0.2, 0.25) is 0 Å². The van der Waals surface area contributed by atoms with Crippen molar-refractivity contribution in [3.05, 3.63) is 45.9 Å². The van der Waals surface area contributed by atoms with E-state index in [0.29, 0.717) is 5.75 Å². The highest BCUT2D eigenvalue weighted by molar-refractivity contribution is 9.10. The Bertz CT molecular complexity index is 799. The van der Waals surface area contributed by atoms with E-state index in [9.17, 15) is 18.0 Å². The minimum Gasteiger partial charge on any atom is -0.493 e. The largest absolute Gasteiger partial charge is 0.493 e. The fourth-order valence-electron chi connectivity index (χ4n) is 2.20. The SMILES string of the molecule is COc1cc(C(=O)Nc2ccc(C(F)(F)F)cc2Br)cc(OC)c1OC. The number of nitrogens with one attached hydrogen (secondary N) is 1. The van der Waals surface area contributed by atoms with E-state index in [2.05, 4.69) is 21.2 Å². The molecule has 140 valence electrons. The van der Waals surface area contributed by atoms with Gasteiger partial charge in [0.15, 0.2) is 11.5 Å². The summed E-state index contributed by atoms with van der Waals surface area (Å²) in [4.78, 5) is 12.5. The van der Waals surface area contributed by atoms with Crippen LogP contribution in [0.1, 0.15) is 15.9 Å². The van der Waals surface area contributed by atoms with Gasteiger partial charge in [0.25, 0.3) is 5.91 Å². The van der Waals surface area contributed by atoms with Gasteiger partial charge < -0.3 is 19.5 Å². The Balaban J connectivity index is 2.33. The highest BCUT2D eigenvalue weighted by Crippen LogP contribution is 2.39. The lowest BCUT2D eigenvalue weighted by molar-refractivity contribution is -0.137. The van der Waals surface area contributed by atoms with Crippen molar-refractivity contribution < 1.29 is 32.2 Å². The molecule has 1 amide bonds. The smallest absolute Gasteiger partial charge is 0.416 e. The van der Waals surface area contributed by atoms with Crippen LogP contribution in [0.3, 0.4) is 0 Å². The molecule has 2 aromatic carbocycles. The summed E-state index contributed by atoms with van der Waals surface area (Å²) >= 11 is 3.04. The van der Waals surface area contributed by atoms with Crippen molar-refractivity contribution >= 4 is 27.5 Å². The predicted octanol–water partition coefficient (Wildman–Crippen LogP) is 4.75. The lowest BCUT2D eigenvalue weighted by Crippen LogP contribution is -2.13. The molecular formula is C17H15BrF3NO4. The molecule has 0 radical (unpaired) electrons. The number of anilines is 1. The quantitative estimate of drug-likeness (QED) is 0.739. The summed E-state index contributed by atoms with van der Waals surface area (Å²) in [7, 11) is 4.25.